The van der Waals surface area contributed by atoms with Crippen LogP contribution in [0.2, 0.25) is 0 Å². The standard InChI is InChI=1S/C25H40N6O/c1-4-5-14-27-25-28-17-22(24(30-25)29-20-9-11-21(32)12-10-20)23(26-3)13-8-19(2)18-31-15-6-7-16-31/h8,13,17,20-21,32H,3-7,9-12,14-16,18H2,1-2H3,(H2,27,28,29,30)/b19-8+,23-13-/t20-,21-. The number of hydrogen-bond donors (Lipinski definition) is 3. The van der Waals surface area contributed by atoms with Crippen LogP contribution < -0.4 is 10.6 Å². The SMILES string of the molecule is C=N/C(=C\C=C(/C)CN1CCCC1)c1cnc(NCCCC)nc1N[C@H]1CC[C@H](O)CC1. The Bertz CT molecular complexity index is 792. The maximum atomic E-state index is 9.86. The van der Waals surface area contributed by atoms with Gasteiger partial charge in [0.05, 0.1) is 17.4 Å². The van der Waals surface area contributed by atoms with Gasteiger partial charge in [-0.1, -0.05) is 25.0 Å². The van der Waals surface area contributed by atoms with Crippen molar-refractivity contribution in [3.63, 3.8) is 0 Å². The topological polar surface area (TPSA) is 85.7 Å². The zero-order chi connectivity index (χ0) is 22.8. The molecule has 7 heteroatoms. The minimum atomic E-state index is -0.182. The van der Waals surface area contributed by atoms with E-state index >= 15 is 0 Å². The van der Waals surface area contributed by atoms with Crippen molar-refractivity contribution in [2.45, 2.75) is 77.4 Å². The van der Waals surface area contributed by atoms with Gasteiger partial charge in [-0.15, -0.1) is 0 Å². The van der Waals surface area contributed by atoms with Gasteiger partial charge in [0, 0.05) is 25.3 Å². The molecule has 0 unspecified atom stereocenters. The summed E-state index contributed by atoms with van der Waals surface area (Å²) in [6.45, 7) is 12.4. The van der Waals surface area contributed by atoms with Crippen molar-refractivity contribution < 1.29 is 5.11 Å². The number of anilines is 2. The maximum absolute atomic E-state index is 9.86. The van der Waals surface area contributed by atoms with E-state index in [0.29, 0.717) is 5.95 Å². The van der Waals surface area contributed by atoms with Crippen LogP contribution in [0.1, 0.15) is 70.8 Å². The van der Waals surface area contributed by atoms with E-state index < -0.39 is 0 Å². The van der Waals surface area contributed by atoms with Crippen LogP contribution in [0.3, 0.4) is 0 Å². The largest absolute Gasteiger partial charge is 0.393 e. The number of aliphatic imine (C=N–C) groups is 1. The monoisotopic (exact) mass is 440 g/mol. The first-order valence-corrected chi connectivity index (χ1v) is 12.2. The lowest BCUT2D eigenvalue weighted by Crippen LogP contribution is -2.29. The predicted octanol–water partition coefficient (Wildman–Crippen LogP) is 4.49. The molecule has 1 aliphatic heterocycles. The third-order valence-electron chi connectivity index (χ3n) is 6.28. The summed E-state index contributed by atoms with van der Waals surface area (Å²) >= 11 is 0. The number of aromatic nitrogens is 2. The Balaban J connectivity index is 1.79. The van der Waals surface area contributed by atoms with Crippen molar-refractivity contribution in [2.75, 3.05) is 36.8 Å². The van der Waals surface area contributed by atoms with Gasteiger partial charge >= 0.3 is 0 Å². The summed E-state index contributed by atoms with van der Waals surface area (Å²) in [5, 5.41) is 16.8. The highest BCUT2D eigenvalue weighted by Gasteiger charge is 2.21. The summed E-state index contributed by atoms with van der Waals surface area (Å²) in [5.74, 6) is 1.41. The second-order valence-electron chi connectivity index (χ2n) is 9.09. The molecule has 7 nitrogen and oxygen atoms in total. The van der Waals surface area contributed by atoms with Crippen LogP contribution in [0.15, 0.2) is 28.9 Å². The molecule has 2 heterocycles. The lowest BCUT2D eigenvalue weighted by atomic mass is 9.93. The second kappa shape index (κ2) is 12.7. The zero-order valence-corrected chi connectivity index (χ0v) is 19.8. The first kappa shape index (κ1) is 24.4. The molecule has 0 aromatic carbocycles. The normalized spacial score (nSPS) is 22.7. The highest BCUT2D eigenvalue weighted by Crippen LogP contribution is 2.28. The van der Waals surface area contributed by atoms with Crippen LogP contribution in [0.25, 0.3) is 5.70 Å². The summed E-state index contributed by atoms with van der Waals surface area (Å²) < 4.78 is 0. The highest BCUT2D eigenvalue weighted by atomic mass is 16.3. The van der Waals surface area contributed by atoms with Gasteiger partial charge in [-0.05, 0) is 77.8 Å². The molecular weight excluding hydrogens is 400 g/mol. The minimum Gasteiger partial charge on any atom is -0.393 e. The molecule has 1 saturated heterocycles. The van der Waals surface area contributed by atoms with Crippen molar-refractivity contribution in [3.05, 3.63) is 29.5 Å². The average Bonchev–Trinajstić information content (AvgIpc) is 3.30. The first-order valence-electron chi connectivity index (χ1n) is 12.2. The van der Waals surface area contributed by atoms with Gasteiger partial charge in [-0.3, -0.25) is 9.89 Å². The molecule has 1 aromatic rings. The predicted molar refractivity (Wildman–Crippen MR) is 134 cm³/mol. The molecule has 176 valence electrons. The van der Waals surface area contributed by atoms with Crippen LogP contribution in [-0.4, -0.2) is 65.0 Å². The summed E-state index contributed by atoms with van der Waals surface area (Å²) in [6.07, 6.45) is 14.1. The van der Waals surface area contributed by atoms with Crippen LogP contribution in [0, 0.1) is 0 Å². The molecular formula is C25H40N6O. The van der Waals surface area contributed by atoms with Crippen molar-refractivity contribution in [2.24, 2.45) is 4.99 Å². The number of nitrogens with zero attached hydrogens (tertiary/aromatic N) is 4. The van der Waals surface area contributed by atoms with Crippen molar-refractivity contribution >= 4 is 24.2 Å². The molecule has 2 aliphatic rings. The van der Waals surface area contributed by atoms with Crippen LogP contribution in [0.5, 0.6) is 0 Å². The minimum absolute atomic E-state index is 0.182. The smallest absolute Gasteiger partial charge is 0.224 e. The van der Waals surface area contributed by atoms with Crippen molar-refractivity contribution in [3.8, 4) is 0 Å². The molecule has 2 fully saturated rings. The number of aliphatic hydroxyl groups excluding tert-OH is 1. The Morgan fingerprint density at radius 1 is 1.25 bits per heavy atom. The maximum Gasteiger partial charge on any atom is 0.224 e. The van der Waals surface area contributed by atoms with E-state index in [0.717, 1.165) is 68.7 Å². The Morgan fingerprint density at radius 2 is 2.00 bits per heavy atom. The Morgan fingerprint density at radius 3 is 2.69 bits per heavy atom. The Kier molecular flexibility index (Phi) is 9.68. The van der Waals surface area contributed by atoms with E-state index in [1.807, 2.05) is 12.3 Å². The lowest BCUT2D eigenvalue weighted by Gasteiger charge is -2.27. The molecule has 1 aromatic heterocycles. The summed E-state index contributed by atoms with van der Waals surface area (Å²) in [4.78, 5) is 16.1. The molecule has 3 rings (SSSR count). The van der Waals surface area contributed by atoms with Gasteiger partial charge in [0.25, 0.3) is 0 Å². The first-order chi connectivity index (χ1) is 15.6. The van der Waals surface area contributed by atoms with Gasteiger partial charge in [0.15, 0.2) is 0 Å². The number of nitrogens with one attached hydrogen (secondary N) is 2. The van der Waals surface area contributed by atoms with Gasteiger partial charge in [-0.2, -0.15) is 4.98 Å². The fourth-order valence-electron chi connectivity index (χ4n) is 4.35. The summed E-state index contributed by atoms with van der Waals surface area (Å²) in [5.41, 5.74) is 2.93. The molecule has 0 atom stereocenters. The molecule has 0 bridgehead atoms. The summed E-state index contributed by atoms with van der Waals surface area (Å²) in [7, 11) is 0. The van der Waals surface area contributed by atoms with Gasteiger partial charge in [0.1, 0.15) is 5.82 Å². The molecule has 1 saturated carbocycles. The van der Waals surface area contributed by atoms with E-state index in [1.165, 1.54) is 31.5 Å². The zero-order valence-electron chi connectivity index (χ0n) is 19.8. The molecule has 1 aliphatic carbocycles. The molecule has 0 radical (unpaired) electrons. The van der Waals surface area contributed by atoms with E-state index in [-0.39, 0.29) is 12.1 Å². The highest BCUT2D eigenvalue weighted by molar-refractivity contribution is 5.76. The lowest BCUT2D eigenvalue weighted by molar-refractivity contribution is 0.126. The van der Waals surface area contributed by atoms with Crippen molar-refractivity contribution in [1.82, 2.24) is 14.9 Å². The Labute approximate surface area is 193 Å². The van der Waals surface area contributed by atoms with E-state index in [9.17, 15) is 5.11 Å². The summed E-state index contributed by atoms with van der Waals surface area (Å²) in [6, 6.07) is 0.286. The average molecular weight is 441 g/mol. The van der Waals surface area contributed by atoms with Crippen LogP contribution in [-0.2, 0) is 0 Å². The fraction of sp³-hybridized carbons (Fsp3) is 0.640. The van der Waals surface area contributed by atoms with E-state index in [4.69, 9.17) is 4.98 Å². The molecule has 32 heavy (non-hydrogen) atoms. The number of likely N-dealkylation sites (tertiary alicyclic amines) is 1. The van der Waals surface area contributed by atoms with Crippen LogP contribution >= 0.6 is 0 Å². The second-order valence-corrected chi connectivity index (χ2v) is 9.09. The molecule has 0 spiro atoms. The Hall–Kier alpha value is -2.25. The molecule has 3 N–H and O–H groups in total. The van der Waals surface area contributed by atoms with Gasteiger partial charge < -0.3 is 15.7 Å². The van der Waals surface area contributed by atoms with Crippen molar-refractivity contribution in [1.29, 1.82) is 0 Å². The van der Waals surface area contributed by atoms with E-state index in [1.54, 1.807) is 0 Å². The number of rotatable bonds is 11. The number of unbranched alkanes of at least 4 members (excludes halogenated alkanes) is 1. The molecule has 0 amide bonds. The van der Waals surface area contributed by atoms with Gasteiger partial charge in [-0.25, -0.2) is 4.98 Å². The van der Waals surface area contributed by atoms with E-state index in [2.05, 4.69) is 52.2 Å². The third kappa shape index (κ3) is 7.41. The number of hydrogen-bond acceptors (Lipinski definition) is 7. The number of allylic oxidation sites excluding steroid dienone is 2. The van der Waals surface area contributed by atoms with Gasteiger partial charge in [0.2, 0.25) is 5.95 Å². The fourth-order valence-corrected chi connectivity index (χ4v) is 4.35. The van der Waals surface area contributed by atoms with Crippen LogP contribution in [0.4, 0.5) is 11.8 Å². The quantitative estimate of drug-likeness (QED) is 0.267. The number of aliphatic hydroxyl groups is 1. The third-order valence-corrected chi connectivity index (χ3v) is 6.28.